The Bertz CT molecular complexity index is 365. The van der Waals surface area contributed by atoms with Gasteiger partial charge in [0.05, 0.1) is 0 Å². The van der Waals surface area contributed by atoms with Gasteiger partial charge in [0.25, 0.3) is 0 Å². The zero-order valence-corrected chi connectivity index (χ0v) is 13.8. The van der Waals surface area contributed by atoms with E-state index >= 15 is 0 Å². The summed E-state index contributed by atoms with van der Waals surface area (Å²) in [5.74, 6) is 3.14. The molecule has 4 nitrogen and oxygen atoms in total. The number of rotatable bonds is 13. The van der Waals surface area contributed by atoms with Gasteiger partial charge in [-0.15, -0.1) is 5.92 Å². The van der Waals surface area contributed by atoms with Crippen molar-refractivity contribution >= 4 is 11.9 Å². The summed E-state index contributed by atoms with van der Waals surface area (Å²) in [4.78, 5) is 21.4. The number of carboxylic acids is 2. The third-order valence-corrected chi connectivity index (χ3v) is 3.61. The molecule has 0 saturated carbocycles. The van der Waals surface area contributed by atoms with Gasteiger partial charge in [0, 0.05) is 12.8 Å². The Labute approximate surface area is 134 Å². The molecule has 4 heteroatoms. The average molecular weight is 310 g/mol. The lowest BCUT2D eigenvalue weighted by Gasteiger charge is -2.03. The van der Waals surface area contributed by atoms with Crippen LogP contribution in [0.15, 0.2) is 0 Å². The van der Waals surface area contributed by atoms with Gasteiger partial charge in [-0.1, -0.05) is 57.8 Å². The molecule has 1 unspecified atom stereocenters. The molecule has 0 rings (SSSR count). The quantitative estimate of drug-likeness (QED) is 0.388. The summed E-state index contributed by atoms with van der Waals surface area (Å²) in [6.07, 6.45) is 11.3. The second-order valence-electron chi connectivity index (χ2n) is 5.72. The van der Waals surface area contributed by atoms with Crippen molar-refractivity contribution in [3.05, 3.63) is 0 Å². The molecule has 0 spiro atoms. The molecule has 1 atom stereocenters. The van der Waals surface area contributed by atoms with Gasteiger partial charge in [-0.25, -0.2) is 0 Å². The molecule has 0 amide bonds. The second-order valence-corrected chi connectivity index (χ2v) is 5.72. The van der Waals surface area contributed by atoms with Crippen molar-refractivity contribution in [1.29, 1.82) is 0 Å². The van der Waals surface area contributed by atoms with Crippen LogP contribution in [0.25, 0.3) is 0 Å². The fourth-order valence-electron chi connectivity index (χ4n) is 2.26. The maximum atomic E-state index is 11.0. The topological polar surface area (TPSA) is 74.6 Å². The Morgan fingerprint density at radius 1 is 0.909 bits per heavy atom. The van der Waals surface area contributed by atoms with E-state index in [9.17, 15) is 9.59 Å². The van der Waals surface area contributed by atoms with E-state index < -0.39 is 17.9 Å². The third-order valence-electron chi connectivity index (χ3n) is 3.61. The first-order valence-corrected chi connectivity index (χ1v) is 8.51. The van der Waals surface area contributed by atoms with Gasteiger partial charge in [-0.3, -0.25) is 9.59 Å². The van der Waals surface area contributed by atoms with Crippen molar-refractivity contribution in [3.8, 4) is 11.8 Å². The molecule has 0 aromatic rings. The van der Waals surface area contributed by atoms with Crippen LogP contribution in [0.1, 0.15) is 84.0 Å². The summed E-state index contributed by atoms with van der Waals surface area (Å²) >= 11 is 0. The van der Waals surface area contributed by atoms with Crippen LogP contribution >= 0.6 is 0 Å². The first-order valence-electron chi connectivity index (χ1n) is 8.51. The molecule has 0 aliphatic rings. The highest BCUT2D eigenvalue weighted by molar-refractivity contribution is 5.73. The number of aliphatic carboxylic acids is 2. The normalized spacial score (nSPS) is 11.5. The minimum Gasteiger partial charge on any atom is -0.481 e. The van der Waals surface area contributed by atoms with Gasteiger partial charge >= 0.3 is 11.9 Å². The zero-order chi connectivity index (χ0) is 16.6. The van der Waals surface area contributed by atoms with E-state index in [1.165, 1.54) is 38.5 Å². The van der Waals surface area contributed by atoms with E-state index in [1.807, 2.05) is 0 Å². The highest BCUT2D eigenvalue weighted by Crippen LogP contribution is 2.10. The Balaban J connectivity index is 3.70. The largest absolute Gasteiger partial charge is 0.481 e. The molecule has 126 valence electrons. The van der Waals surface area contributed by atoms with Gasteiger partial charge in [-0.2, -0.15) is 0 Å². The summed E-state index contributed by atoms with van der Waals surface area (Å²) in [5, 5.41) is 17.6. The monoisotopic (exact) mass is 310 g/mol. The number of unbranched alkanes of at least 4 members (excludes halogenated alkanes) is 8. The van der Waals surface area contributed by atoms with Gasteiger partial charge < -0.3 is 10.2 Å². The first-order chi connectivity index (χ1) is 10.6. The molecule has 0 saturated heterocycles. The lowest BCUT2D eigenvalue weighted by molar-refractivity contribution is -0.141. The molecule has 0 fully saturated rings. The van der Waals surface area contributed by atoms with E-state index in [2.05, 4.69) is 18.8 Å². The first kappa shape index (κ1) is 20.5. The van der Waals surface area contributed by atoms with Gasteiger partial charge in [0.15, 0.2) is 0 Å². The molecular weight excluding hydrogens is 280 g/mol. The fourth-order valence-corrected chi connectivity index (χ4v) is 2.26. The van der Waals surface area contributed by atoms with Crippen LogP contribution < -0.4 is 0 Å². The minimum atomic E-state index is -0.950. The molecule has 0 aliphatic heterocycles. The van der Waals surface area contributed by atoms with Crippen molar-refractivity contribution < 1.29 is 19.8 Å². The van der Waals surface area contributed by atoms with Gasteiger partial charge in [-0.05, 0) is 19.3 Å². The molecule has 0 radical (unpaired) electrons. The number of carbonyl (C=O) groups is 2. The van der Waals surface area contributed by atoms with E-state index in [0.717, 1.165) is 19.3 Å². The predicted molar refractivity (Wildman–Crippen MR) is 87.6 cm³/mol. The van der Waals surface area contributed by atoms with Gasteiger partial charge in [0.1, 0.15) is 5.92 Å². The van der Waals surface area contributed by atoms with E-state index in [1.54, 1.807) is 0 Å². The van der Waals surface area contributed by atoms with Crippen LogP contribution in [-0.2, 0) is 9.59 Å². The maximum Gasteiger partial charge on any atom is 0.318 e. The van der Waals surface area contributed by atoms with E-state index in [-0.39, 0.29) is 6.42 Å². The van der Waals surface area contributed by atoms with Crippen LogP contribution in [-0.4, -0.2) is 22.2 Å². The fraction of sp³-hybridized carbons (Fsp3) is 0.778. The van der Waals surface area contributed by atoms with Crippen molar-refractivity contribution in [1.82, 2.24) is 0 Å². The standard InChI is InChI=1S/C18H30O4/c1-2-3-4-5-6-7-8-9-10-11-13-16(18(21)22)14-12-15-17(19)20/h16H,2-10,12,14-15H2,1H3,(H,19,20)(H,21,22). The Kier molecular flexibility index (Phi) is 13.5. The minimum absolute atomic E-state index is 0.00346. The molecule has 0 aromatic heterocycles. The highest BCUT2D eigenvalue weighted by Gasteiger charge is 2.14. The lowest BCUT2D eigenvalue weighted by atomic mass is 10.0. The Hall–Kier alpha value is -1.50. The summed E-state index contributed by atoms with van der Waals surface area (Å²) in [6.45, 7) is 2.21. The summed E-state index contributed by atoms with van der Waals surface area (Å²) in [6, 6.07) is 0. The predicted octanol–water partition coefficient (Wildman–Crippen LogP) is 4.48. The molecule has 0 heterocycles. The van der Waals surface area contributed by atoms with E-state index in [4.69, 9.17) is 10.2 Å². The van der Waals surface area contributed by atoms with Crippen LogP contribution in [0, 0.1) is 17.8 Å². The highest BCUT2D eigenvalue weighted by atomic mass is 16.4. The molecular formula is C18H30O4. The molecule has 22 heavy (non-hydrogen) atoms. The average Bonchev–Trinajstić information content (AvgIpc) is 2.46. The molecule has 0 bridgehead atoms. The van der Waals surface area contributed by atoms with Crippen molar-refractivity contribution in [2.24, 2.45) is 5.92 Å². The smallest absolute Gasteiger partial charge is 0.318 e. The zero-order valence-electron chi connectivity index (χ0n) is 13.8. The third kappa shape index (κ3) is 13.5. The number of hydrogen-bond acceptors (Lipinski definition) is 2. The van der Waals surface area contributed by atoms with Crippen molar-refractivity contribution in [2.45, 2.75) is 84.0 Å². The molecule has 0 aromatic carbocycles. The maximum absolute atomic E-state index is 11.0. The van der Waals surface area contributed by atoms with Gasteiger partial charge in [0.2, 0.25) is 0 Å². The number of carboxylic acid groups (broad SMARTS) is 2. The summed E-state index contributed by atoms with van der Waals surface area (Å²) in [7, 11) is 0. The SMILES string of the molecule is CCCCCCCCCCC#CC(CCCC(=O)O)C(=O)O. The Morgan fingerprint density at radius 3 is 2.05 bits per heavy atom. The molecule has 2 N–H and O–H groups in total. The van der Waals surface area contributed by atoms with Crippen LogP contribution in [0.5, 0.6) is 0 Å². The number of hydrogen-bond donors (Lipinski definition) is 2. The van der Waals surface area contributed by atoms with Crippen molar-refractivity contribution in [2.75, 3.05) is 0 Å². The van der Waals surface area contributed by atoms with E-state index in [0.29, 0.717) is 12.8 Å². The summed E-state index contributed by atoms with van der Waals surface area (Å²) in [5.41, 5.74) is 0. The van der Waals surface area contributed by atoms with Crippen LogP contribution in [0.3, 0.4) is 0 Å². The lowest BCUT2D eigenvalue weighted by Crippen LogP contribution is -2.12. The molecule has 0 aliphatic carbocycles. The summed E-state index contributed by atoms with van der Waals surface area (Å²) < 4.78 is 0. The Morgan fingerprint density at radius 2 is 1.50 bits per heavy atom. The van der Waals surface area contributed by atoms with Crippen molar-refractivity contribution in [3.63, 3.8) is 0 Å². The van der Waals surface area contributed by atoms with Crippen LogP contribution in [0.2, 0.25) is 0 Å². The second kappa shape index (κ2) is 14.4. The van der Waals surface area contributed by atoms with Crippen LogP contribution in [0.4, 0.5) is 0 Å².